The summed E-state index contributed by atoms with van der Waals surface area (Å²) in [6.45, 7) is 1.87. The molecule has 0 aliphatic carbocycles. The molecule has 0 radical (unpaired) electrons. The van der Waals surface area contributed by atoms with Crippen molar-refractivity contribution in [2.75, 3.05) is 5.73 Å². The van der Waals surface area contributed by atoms with Gasteiger partial charge < -0.3 is 15.6 Å². The van der Waals surface area contributed by atoms with E-state index in [9.17, 15) is 4.79 Å². The molecule has 1 amide bonds. The summed E-state index contributed by atoms with van der Waals surface area (Å²) in [5.74, 6) is 0.588. The van der Waals surface area contributed by atoms with Gasteiger partial charge >= 0.3 is 0 Å². The smallest absolute Gasteiger partial charge is 0.251 e. The molecule has 0 aliphatic rings. The highest BCUT2D eigenvalue weighted by Crippen LogP contribution is 2.19. The Labute approximate surface area is 108 Å². The zero-order valence-corrected chi connectivity index (χ0v) is 10.4. The fourth-order valence-corrected chi connectivity index (χ4v) is 1.52. The van der Waals surface area contributed by atoms with Gasteiger partial charge in [0, 0.05) is 5.56 Å². The van der Waals surface area contributed by atoms with E-state index >= 15 is 0 Å². The Kier molecular flexibility index (Phi) is 3.47. The quantitative estimate of drug-likeness (QED) is 0.822. The maximum absolute atomic E-state index is 11.8. The molecule has 2 rings (SSSR count). The van der Waals surface area contributed by atoms with Gasteiger partial charge in [0.1, 0.15) is 0 Å². The first-order chi connectivity index (χ1) is 8.56. The number of nitrogens with two attached hydrogens (primary N) is 1. The van der Waals surface area contributed by atoms with Crippen LogP contribution in [0.4, 0.5) is 5.69 Å². The second kappa shape index (κ2) is 5.05. The van der Waals surface area contributed by atoms with Gasteiger partial charge in [-0.2, -0.15) is 4.98 Å². The monoisotopic (exact) mass is 266 g/mol. The normalized spacial score (nSPS) is 10.3. The van der Waals surface area contributed by atoms with Crippen LogP contribution < -0.4 is 11.1 Å². The summed E-state index contributed by atoms with van der Waals surface area (Å²) >= 11 is 5.83. The van der Waals surface area contributed by atoms with Crippen LogP contribution in [-0.4, -0.2) is 16.0 Å². The molecule has 7 heteroatoms. The molecular weight excluding hydrogens is 256 g/mol. The molecule has 18 heavy (non-hydrogen) atoms. The van der Waals surface area contributed by atoms with Crippen molar-refractivity contribution in [2.45, 2.75) is 13.5 Å². The van der Waals surface area contributed by atoms with Crippen molar-refractivity contribution in [3.05, 3.63) is 40.5 Å². The van der Waals surface area contributed by atoms with E-state index in [1.54, 1.807) is 19.1 Å². The van der Waals surface area contributed by atoms with Gasteiger partial charge in [-0.05, 0) is 25.1 Å². The molecule has 1 heterocycles. The predicted octanol–water partition coefficient (Wildman–Crippen LogP) is 1.54. The summed E-state index contributed by atoms with van der Waals surface area (Å²) in [5, 5.41) is 6.60. The summed E-state index contributed by atoms with van der Waals surface area (Å²) in [6, 6.07) is 4.68. The van der Waals surface area contributed by atoms with E-state index in [-0.39, 0.29) is 12.5 Å². The van der Waals surface area contributed by atoms with Gasteiger partial charge in [-0.1, -0.05) is 16.8 Å². The Morgan fingerprint density at radius 1 is 1.56 bits per heavy atom. The van der Waals surface area contributed by atoms with Crippen molar-refractivity contribution in [1.29, 1.82) is 0 Å². The van der Waals surface area contributed by atoms with Crippen molar-refractivity contribution < 1.29 is 9.32 Å². The maximum Gasteiger partial charge on any atom is 0.251 e. The topological polar surface area (TPSA) is 94.0 Å². The number of carbonyl (C=O) groups excluding carboxylic acids is 1. The van der Waals surface area contributed by atoms with Crippen molar-refractivity contribution in [3.63, 3.8) is 0 Å². The summed E-state index contributed by atoms with van der Waals surface area (Å²) in [6.07, 6.45) is 0. The average Bonchev–Trinajstić information content (AvgIpc) is 2.75. The number of aryl methyl sites for hydroxylation is 1. The van der Waals surface area contributed by atoms with Crippen molar-refractivity contribution in [1.82, 2.24) is 15.5 Å². The van der Waals surface area contributed by atoms with Gasteiger partial charge in [0.2, 0.25) is 5.89 Å². The van der Waals surface area contributed by atoms with Gasteiger partial charge in [-0.25, -0.2) is 0 Å². The number of halogens is 1. The van der Waals surface area contributed by atoms with Crippen molar-refractivity contribution in [3.8, 4) is 0 Å². The molecule has 0 spiro atoms. The molecule has 1 aromatic carbocycles. The summed E-state index contributed by atoms with van der Waals surface area (Å²) < 4.78 is 4.87. The van der Waals surface area contributed by atoms with Crippen LogP contribution in [0.2, 0.25) is 5.02 Å². The van der Waals surface area contributed by atoms with Gasteiger partial charge in [-0.3, -0.25) is 4.79 Å². The zero-order valence-electron chi connectivity index (χ0n) is 9.61. The molecule has 0 aliphatic heterocycles. The number of rotatable bonds is 3. The number of benzene rings is 1. The van der Waals surface area contributed by atoms with Crippen LogP contribution in [0.15, 0.2) is 22.7 Å². The first-order valence-corrected chi connectivity index (χ1v) is 5.56. The molecule has 0 saturated carbocycles. The van der Waals surface area contributed by atoms with E-state index in [2.05, 4.69) is 15.5 Å². The first kappa shape index (κ1) is 12.4. The number of anilines is 1. The fraction of sp³-hybridized carbons (Fsp3) is 0.182. The minimum atomic E-state index is -0.284. The Morgan fingerprint density at radius 2 is 2.33 bits per heavy atom. The average molecular weight is 267 g/mol. The molecule has 1 aromatic heterocycles. The third kappa shape index (κ3) is 2.78. The number of nitrogens with zero attached hydrogens (tertiary/aromatic N) is 2. The molecule has 2 aromatic rings. The highest BCUT2D eigenvalue weighted by Gasteiger charge is 2.09. The molecular formula is C11H11ClN4O2. The lowest BCUT2D eigenvalue weighted by atomic mass is 10.2. The van der Waals surface area contributed by atoms with Crippen molar-refractivity contribution >= 4 is 23.2 Å². The van der Waals surface area contributed by atoms with Crippen LogP contribution >= 0.6 is 11.6 Å². The molecule has 3 N–H and O–H groups in total. The third-order valence-corrected chi connectivity index (χ3v) is 2.56. The Morgan fingerprint density at radius 3 is 2.94 bits per heavy atom. The van der Waals surface area contributed by atoms with Crippen molar-refractivity contribution in [2.24, 2.45) is 0 Å². The van der Waals surface area contributed by atoms with Crippen LogP contribution in [0.1, 0.15) is 22.1 Å². The first-order valence-electron chi connectivity index (χ1n) is 5.18. The Hall–Kier alpha value is -2.08. The number of amides is 1. The zero-order chi connectivity index (χ0) is 13.1. The standard InChI is InChI=1S/C11H11ClN4O2/c1-6-15-10(18-16-6)5-14-11(17)7-2-3-9(13)8(12)4-7/h2-4H,5,13H2,1H3,(H,14,17). The van der Waals surface area contributed by atoms with E-state index in [1.807, 2.05) is 0 Å². The van der Waals surface area contributed by atoms with Crippen LogP contribution in [0, 0.1) is 6.92 Å². The molecule has 94 valence electrons. The van der Waals surface area contributed by atoms with Crippen LogP contribution in [0.5, 0.6) is 0 Å². The second-order valence-corrected chi connectivity index (χ2v) is 4.06. The Bertz CT molecular complexity index is 582. The number of carbonyl (C=O) groups is 1. The van der Waals surface area contributed by atoms with Gasteiger partial charge in [-0.15, -0.1) is 0 Å². The van der Waals surface area contributed by atoms with Crippen LogP contribution in [0.25, 0.3) is 0 Å². The highest BCUT2D eigenvalue weighted by molar-refractivity contribution is 6.33. The number of nitrogen functional groups attached to an aromatic ring is 1. The highest BCUT2D eigenvalue weighted by atomic mass is 35.5. The predicted molar refractivity (Wildman–Crippen MR) is 66.1 cm³/mol. The Balaban J connectivity index is 2.01. The maximum atomic E-state index is 11.8. The number of hydrogen-bond acceptors (Lipinski definition) is 5. The lowest BCUT2D eigenvalue weighted by Crippen LogP contribution is -2.23. The van der Waals surface area contributed by atoms with E-state index in [4.69, 9.17) is 21.9 Å². The summed E-state index contributed by atoms with van der Waals surface area (Å²) in [4.78, 5) is 15.8. The molecule has 0 fully saturated rings. The van der Waals surface area contributed by atoms with Crippen LogP contribution in [0.3, 0.4) is 0 Å². The van der Waals surface area contributed by atoms with Crippen LogP contribution in [-0.2, 0) is 6.54 Å². The van der Waals surface area contributed by atoms with Gasteiger partial charge in [0.25, 0.3) is 5.91 Å². The fourth-order valence-electron chi connectivity index (χ4n) is 1.34. The van der Waals surface area contributed by atoms with Gasteiger partial charge in [0.15, 0.2) is 5.82 Å². The number of hydrogen-bond donors (Lipinski definition) is 2. The molecule has 0 bridgehead atoms. The van der Waals surface area contributed by atoms with E-state index in [1.165, 1.54) is 6.07 Å². The summed E-state index contributed by atoms with van der Waals surface area (Å²) in [5.41, 5.74) is 6.41. The third-order valence-electron chi connectivity index (χ3n) is 2.23. The second-order valence-electron chi connectivity index (χ2n) is 3.65. The summed E-state index contributed by atoms with van der Waals surface area (Å²) in [7, 11) is 0. The van der Waals surface area contributed by atoms with E-state index < -0.39 is 0 Å². The molecule has 0 atom stereocenters. The lowest BCUT2D eigenvalue weighted by molar-refractivity contribution is 0.0946. The number of aromatic nitrogens is 2. The minimum absolute atomic E-state index is 0.168. The number of nitrogens with one attached hydrogen (secondary N) is 1. The molecule has 0 saturated heterocycles. The lowest BCUT2D eigenvalue weighted by Gasteiger charge is -2.04. The molecule has 0 unspecified atom stereocenters. The van der Waals surface area contributed by atoms with E-state index in [0.717, 1.165) is 0 Å². The minimum Gasteiger partial charge on any atom is -0.398 e. The van der Waals surface area contributed by atoms with E-state index in [0.29, 0.717) is 28.0 Å². The SMILES string of the molecule is Cc1noc(CNC(=O)c2ccc(N)c(Cl)c2)n1. The molecule has 6 nitrogen and oxygen atoms in total. The largest absolute Gasteiger partial charge is 0.398 e. The van der Waals surface area contributed by atoms with Gasteiger partial charge in [0.05, 0.1) is 17.3 Å².